The van der Waals surface area contributed by atoms with Gasteiger partial charge in [-0.3, -0.25) is 4.79 Å². The number of alkyl halides is 2. The number of hydrogen-bond acceptors (Lipinski definition) is 7. The molecule has 0 spiro atoms. The average molecular weight is 435 g/mol. The minimum atomic E-state index is -3.53. The SMILES string of the molecule is C[C@@]1(c2cc(NC(=O)c3cnc(OCC4CC4)cn3)ccc2F)OC(N)=NCC1(F)F. The maximum Gasteiger partial charge on any atom is 0.310 e. The van der Waals surface area contributed by atoms with Gasteiger partial charge < -0.3 is 20.5 Å². The molecule has 31 heavy (non-hydrogen) atoms. The number of aromatic nitrogens is 2. The Bertz CT molecular complexity index is 1030. The van der Waals surface area contributed by atoms with Crippen LogP contribution in [0.2, 0.25) is 0 Å². The van der Waals surface area contributed by atoms with Crippen LogP contribution in [0.25, 0.3) is 0 Å². The second kappa shape index (κ2) is 7.71. The minimum absolute atomic E-state index is 0.0218. The number of nitrogens with two attached hydrogens (primary N) is 1. The molecule has 0 unspecified atom stereocenters. The summed E-state index contributed by atoms with van der Waals surface area (Å²) in [5.74, 6) is -4.27. The number of aliphatic imine (C=N–C) groups is 1. The topological polar surface area (TPSA) is 112 Å². The van der Waals surface area contributed by atoms with Crippen molar-refractivity contribution in [3.05, 3.63) is 47.7 Å². The van der Waals surface area contributed by atoms with Crippen molar-refractivity contribution in [2.75, 3.05) is 18.5 Å². The number of nitrogens with zero attached hydrogens (tertiary/aromatic N) is 3. The van der Waals surface area contributed by atoms with Crippen molar-refractivity contribution in [2.45, 2.75) is 31.3 Å². The normalized spacial score (nSPS) is 22.3. The number of nitrogens with one attached hydrogen (secondary N) is 1. The lowest BCUT2D eigenvalue weighted by molar-refractivity contribution is -0.173. The molecule has 1 fully saturated rings. The predicted molar refractivity (Wildman–Crippen MR) is 104 cm³/mol. The number of rotatable bonds is 6. The van der Waals surface area contributed by atoms with Gasteiger partial charge in [0.2, 0.25) is 11.5 Å². The largest absolute Gasteiger partial charge is 0.476 e. The third-order valence-corrected chi connectivity index (χ3v) is 5.20. The first kappa shape index (κ1) is 20.9. The van der Waals surface area contributed by atoms with Crippen LogP contribution in [0.1, 0.15) is 35.8 Å². The van der Waals surface area contributed by atoms with Crippen LogP contribution in [0.5, 0.6) is 5.88 Å². The van der Waals surface area contributed by atoms with Gasteiger partial charge in [0.1, 0.15) is 18.1 Å². The first-order valence-corrected chi connectivity index (χ1v) is 9.61. The molecule has 8 nitrogen and oxygen atoms in total. The third kappa shape index (κ3) is 4.25. The summed E-state index contributed by atoms with van der Waals surface area (Å²) in [4.78, 5) is 23.9. The van der Waals surface area contributed by atoms with Crippen molar-refractivity contribution >= 4 is 17.6 Å². The Kier molecular flexibility index (Phi) is 5.19. The quantitative estimate of drug-likeness (QED) is 0.722. The lowest BCUT2D eigenvalue weighted by Crippen LogP contribution is -2.53. The summed E-state index contributed by atoms with van der Waals surface area (Å²) in [5.41, 5.74) is 2.62. The van der Waals surface area contributed by atoms with Gasteiger partial charge in [0.15, 0.2) is 0 Å². The number of amides is 1. The van der Waals surface area contributed by atoms with E-state index in [1.54, 1.807) is 0 Å². The maximum absolute atomic E-state index is 14.5. The van der Waals surface area contributed by atoms with Gasteiger partial charge in [-0.25, -0.2) is 19.4 Å². The Balaban J connectivity index is 1.51. The van der Waals surface area contributed by atoms with E-state index < -0.39 is 41.4 Å². The van der Waals surface area contributed by atoms with Crippen molar-refractivity contribution < 1.29 is 27.4 Å². The van der Waals surface area contributed by atoms with Crippen LogP contribution in [0.3, 0.4) is 0 Å². The summed E-state index contributed by atoms with van der Waals surface area (Å²) in [6.07, 6.45) is 4.82. The number of halogens is 3. The van der Waals surface area contributed by atoms with E-state index in [1.165, 1.54) is 18.5 Å². The van der Waals surface area contributed by atoms with Crippen LogP contribution >= 0.6 is 0 Å². The summed E-state index contributed by atoms with van der Waals surface area (Å²) < 4.78 is 54.0. The molecule has 3 N–H and O–H groups in total. The van der Waals surface area contributed by atoms with Crippen LogP contribution in [-0.2, 0) is 10.3 Å². The monoisotopic (exact) mass is 435 g/mol. The van der Waals surface area contributed by atoms with E-state index in [0.717, 1.165) is 31.9 Å². The summed E-state index contributed by atoms with van der Waals surface area (Å²) in [6, 6.07) is 2.79. The Morgan fingerprint density at radius 2 is 2.10 bits per heavy atom. The van der Waals surface area contributed by atoms with Crippen molar-refractivity contribution in [1.82, 2.24) is 9.97 Å². The summed E-state index contributed by atoms with van der Waals surface area (Å²) in [5, 5.41) is 2.49. The summed E-state index contributed by atoms with van der Waals surface area (Å²) in [6.45, 7) is 0.625. The minimum Gasteiger partial charge on any atom is -0.476 e. The van der Waals surface area contributed by atoms with Gasteiger partial charge in [-0.05, 0) is 43.9 Å². The molecular weight excluding hydrogens is 415 g/mol. The van der Waals surface area contributed by atoms with Crippen LogP contribution in [0, 0.1) is 11.7 Å². The van der Waals surface area contributed by atoms with E-state index in [4.69, 9.17) is 15.2 Å². The van der Waals surface area contributed by atoms with Crippen molar-refractivity contribution in [3.63, 3.8) is 0 Å². The van der Waals surface area contributed by atoms with Gasteiger partial charge in [0, 0.05) is 11.3 Å². The Labute approximate surface area is 175 Å². The maximum atomic E-state index is 14.5. The second-order valence-corrected chi connectivity index (χ2v) is 7.64. The molecule has 1 aliphatic carbocycles. The molecule has 164 valence electrons. The number of amidine groups is 1. The zero-order valence-corrected chi connectivity index (χ0v) is 16.6. The lowest BCUT2D eigenvalue weighted by atomic mass is 9.87. The molecule has 11 heteroatoms. The highest BCUT2D eigenvalue weighted by Crippen LogP contribution is 2.44. The van der Waals surface area contributed by atoms with E-state index in [0.29, 0.717) is 18.4 Å². The van der Waals surface area contributed by atoms with Crippen LogP contribution in [0.4, 0.5) is 18.9 Å². The highest BCUT2D eigenvalue weighted by molar-refractivity contribution is 6.02. The van der Waals surface area contributed by atoms with E-state index in [-0.39, 0.29) is 11.4 Å². The second-order valence-electron chi connectivity index (χ2n) is 7.64. The molecule has 0 radical (unpaired) electrons. The molecule has 2 aliphatic rings. The first-order chi connectivity index (χ1) is 14.7. The van der Waals surface area contributed by atoms with Crippen molar-refractivity contribution in [1.29, 1.82) is 0 Å². The Morgan fingerprint density at radius 1 is 1.32 bits per heavy atom. The zero-order chi connectivity index (χ0) is 22.2. The molecule has 0 bridgehead atoms. The number of anilines is 1. The number of carbonyl (C=O) groups excluding carboxylic acids is 1. The van der Waals surface area contributed by atoms with E-state index in [1.807, 2.05) is 0 Å². The highest BCUT2D eigenvalue weighted by atomic mass is 19.3. The molecule has 2 aromatic rings. The first-order valence-electron chi connectivity index (χ1n) is 9.61. The molecular formula is C20H20F3N5O3. The standard InChI is InChI=1S/C20H20F3N5O3/c1-19(20(22,23)10-27-18(24)31-19)13-6-12(4-5-14(13)21)28-17(29)15-7-26-16(8-25-15)30-9-11-2-3-11/h4-8,11H,2-3,9-10H2,1H3,(H2,24,27)(H,28,29)/t19-/m0/s1. The van der Waals surface area contributed by atoms with E-state index in [2.05, 4.69) is 20.3 Å². The van der Waals surface area contributed by atoms with Gasteiger partial charge in [0.05, 0.1) is 19.0 Å². The molecule has 1 saturated carbocycles. The van der Waals surface area contributed by atoms with Gasteiger partial charge >= 0.3 is 5.92 Å². The average Bonchev–Trinajstić information content (AvgIpc) is 3.56. The number of carbonyl (C=O) groups is 1. The van der Waals surface area contributed by atoms with Gasteiger partial charge in [-0.1, -0.05) is 0 Å². The molecule has 1 aromatic heterocycles. The number of benzene rings is 1. The van der Waals surface area contributed by atoms with Gasteiger partial charge in [0.25, 0.3) is 11.9 Å². The molecule has 2 heterocycles. The van der Waals surface area contributed by atoms with Gasteiger partial charge in [-0.15, -0.1) is 0 Å². The zero-order valence-electron chi connectivity index (χ0n) is 16.6. The van der Waals surface area contributed by atoms with E-state index in [9.17, 15) is 18.0 Å². The fraction of sp³-hybridized carbons (Fsp3) is 0.400. The lowest BCUT2D eigenvalue weighted by Gasteiger charge is -2.39. The Hall–Kier alpha value is -3.37. The molecule has 1 atom stereocenters. The molecule has 1 aromatic carbocycles. The predicted octanol–water partition coefficient (Wildman–Crippen LogP) is 2.85. The van der Waals surface area contributed by atoms with Crippen molar-refractivity contribution in [3.8, 4) is 5.88 Å². The van der Waals surface area contributed by atoms with Crippen molar-refractivity contribution in [2.24, 2.45) is 16.6 Å². The fourth-order valence-electron chi connectivity index (χ4n) is 3.06. The summed E-state index contributed by atoms with van der Waals surface area (Å²) in [7, 11) is 0. The third-order valence-electron chi connectivity index (χ3n) is 5.20. The van der Waals surface area contributed by atoms with Crippen LogP contribution in [-0.4, -0.2) is 41.0 Å². The van der Waals surface area contributed by atoms with E-state index >= 15 is 0 Å². The molecule has 1 aliphatic heterocycles. The smallest absolute Gasteiger partial charge is 0.310 e. The molecule has 1 amide bonds. The number of hydrogen-bond donors (Lipinski definition) is 2. The van der Waals surface area contributed by atoms with Gasteiger partial charge in [-0.2, -0.15) is 8.78 Å². The molecule has 4 rings (SSSR count). The van der Waals surface area contributed by atoms with Crippen LogP contribution in [0.15, 0.2) is 35.6 Å². The van der Waals surface area contributed by atoms with Crippen LogP contribution < -0.4 is 15.8 Å². The fourth-order valence-corrected chi connectivity index (χ4v) is 3.06. The molecule has 0 saturated heterocycles. The number of ether oxygens (including phenoxy) is 2. The highest BCUT2D eigenvalue weighted by Gasteiger charge is 2.57. The summed E-state index contributed by atoms with van der Waals surface area (Å²) >= 11 is 0. The Morgan fingerprint density at radius 3 is 2.77 bits per heavy atom.